The van der Waals surface area contributed by atoms with Crippen LogP contribution in [0.25, 0.3) is 0 Å². The summed E-state index contributed by atoms with van der Waals surface area (Å²) in [6.07, 6.45) is 0. The Morgan fingerprint density at radius 3 is 2.33 bits per heavy atom. The van der Waals surface area contributed by atoms with Gasteiger partial charge in [0.15, 0.2) is 0 Å². The van der Waals surface area contributed by atoms with Gasteiger partial charge in [-0.25, -0.2) is 0 Å². The monoisotopic (exact) mass is 278 g/mol. The lowest BCUT2D eigenvalue weighted by Crippen LogP contribution is -2.44. The molecule has 0 N–H and O–H groups in total. The van der Waals surface area contributed by atoms with Crippen LogP contribution in [0.15, 0.2) is 65.7 Å². The van der Waals surface area contributed by atoms with Gasteiger partial charge in [-0.05, 0) is 12.5 Å². The van der Waals surface area contributed by atoms with Gasteiger partial charge in [0, 0.05) is 18.7 Å². The van der Waals surface area contributed by atoms with Crippen LogP contribution in [0.5, 0.6) is 0 Å². The van der Waals surface area contributed by atoms with Gasteiger partial charge in [0.2, 0.25) is 0 Å². The van der Waals surface area contributed by atoms with Crippen molar-refractivity contribution in [2.45, 2.75) is 19.5 Å². The Morgan fingerprint density at radius 1 is 1.05 bits per heavy atom. The van der Waals surface area contributed by atoms with Crippen LogP contribution in [0.3, 0.4) is 0 Å². The van der Waals surface area contributed by atoms with Crippen LogP contribution in [-0.4, -0.2) is 29.1 Å². The maximum Gasteiger partial charge on any atom is 0.273 e. The molecule has 3 rings (SSSR count). The number of nitrogens with zero attached hydrogens (tertiary/aromatic N) is 2. The quantitative estimate of drug-likeness (QED) is 0.849. The molecular weight excluding hydrogens is 260 g/mol. The standard InChI is InChI=1S/C18H18N2O/c1-14-12-20(13-15-8-4-2-5-9-15)18(21)17(19-14)16-10-6-3-7-11-16/h2-11,14H,12-13H2,1H3. The lowest BCUT2D eigenvalue weighted by atomic mass is 10.1. The van der Waals surface area contributed by atoms with Crippen LogP contribution in [0.4, 0.5) is 0 Å². The molecule has 0 saturated heterocycles. The number of carbonyl (C=O) groups excluding carboxylic acids is 1. The molecule has 0 saturated carbocycles. The molecule has 1 heterocycles. The molecule has 1 atom stereocenters. The molecule has 0 aromatic heterocycles. The zero-order chi connectivity index (χ0) is 14.7. The van der Waals surface area contributed by atoms with Crippen molar-refractivity contribution >= 4 is 11.6 Å². The van der Waals surface area contributed by atoms with Crippen LogP contribution >= 0.6 is 0 Å². The fraction of sp³-hybridized carbons (Fsp3) is 0.222. The molecule has 0 radical (unpaired) electrons. The number of rotatable bonds is 3. The highest BCUT2D eigenvalue weighted by molar-refractivity contribution is 6.45. The van der Waals surface area contributed by atoms with Gasteiger partial charge >= 0.3 is 0 Å². The molecule has 3 nitrogen and oxygen atoms in total. The van der Waals surface area contributed by atoms with Crippen molar-refractivity contribution in [2.24, 2.45) is 4.99 Å². The summed E-state index contributed by atoms with van der Waals surface area (Å²) in [6.45, 7) is 3.35. The fourth-order valence-corrected chi connectivity index (χ4v) is 2.60. The molecule has 2 aromatic carbocycles. The zero-order valence-electron chi connectivity index (χ0n) is 12.1. The highest BCUT2D eigenvalue weighted by atomic mass is 16.2. The summed E-state index contributed by atoms with van der Waals surface area (Å²) in [5, 5.41) is 0. The van der Waals surface area contributed by atoms with E-state index in [-0.39, 0.29) is 11.9 Å². The van der Waals surface area contributed by atoms with Gasteiger partial charge in [0.05, 0.1) is 6.04 Å². The molecular formula is C18H18N2O. The molecule has 21 heavy (non-hydrogen) atoms. The normalized spacial score (nSPS) is 18.5. The van der Waals surface area contributed by atoms with Crippen LogP contribution in [0, 0.1) is 0 Å². The molecule has 0 fully saturated rings. The second kappa shape index (κ2) is 5.92. The van der Waals surface area contributed by atoms with E-state index in [2.05, 4.69) is 4.99 Å². The maximum absolute atomic E-state index is 12.7. The van der Waals surface area contributed by atoms with Gasteiger partial charge in [-0.1, -0.05) is 60.7 Å². The largest absolute Gasteiger partial charge is 0.331 e. The number of carbonyl (C=O) groups is 1. The Hall–Kier alpha value is -2.42. The molecule has 3 heteroatoms. The van der Waals surface area contributed by atoms with E-state index in [9.17, 15) is 4.79 Å². The van der Waals surface area contributed by atoms with E-state index in [0.29, 0.717) is 18.8 Å². The number of amides is 1. The van der Waals surface area contributed by atoms with Crippen molar-refractivity contribution in [1.29, 1.82) is 0 Å². The van der Waals surface area contributed by atoms with Gasteiger partial charge in [-0.2, -0.15) is 0 Å². The third-order valence-corrected chi connectivity index (χ3v) is 3.59. The van der Waals surface area contributed by atoms with E-state index in [0.717, 1.165) is 11.1 Å². The third kappa shape index (κ3) is 3.02. The molecule has 0 aliphatic carbocycles. The Balaban J connectivity index is 1.86. The molecule has 0 bridgehead atoms. The van der Waals surface area contributed by atoms with Crippen molar-refractivity contribution in [2.75, 3.05) is 6.54 Å². The highest BCUT2D eigenvalue weighted by Gasteiger charge is 2.27. The smallest absolute Gasteiger partial charge is 0.273 e. The van der Waals surface area contributed by atoms with Crippen molar-refractivity contribution < 1.29 is 4.79 Å². The minimum Gasteiger partial charge on any atom is -0.331 e. The van der Waals surface area contributed by atoms with E-state index >= 15 is 0 Å². The molecule has 1 unspecified atom stereocenters. The summed E-state index contributed by atoms with van der Waals surface area (Å²) in [4.78, 5) is 19.1. The first kappa shape index (κ1) is 13.6. The van der Waals surface area contributed by atoms with Crippen LogP contribution in [-0.2, 0) is 11.3 Å². The SMILES string of the molecule is CC1CN(Cc2ccccc2)C(=O)C(c2ccccc2)=N1. The van der Waals surface area contributed by atoms with Crippen molar-refractivity contribution in [3.8, 4) is 0 Å². The van der Waals surface area contributed by atoms with Gasteiger partial charge in [0.1, 0.15) is 5.71 Å². The summed E-state index contributed by atoms with van der Waals surface area (Å²) in [5.41, 5.74) is 2.62. The van der Waals surface area contributed by atoms with Crippen molar-refractivity contribution in [3.05, 3.63) is 71.8 Å². The van der Waals surface area contributed by atoms with Crippen LogP contribution < -0.4 is 0 Å². The van der Waals surface area contributed by atoms with E-state index in [4.69, 9.17) is 0 Å². The topological polar surface area (TPSA) is 32.7 Å². The average Bonchev–Trinajstić information content (AvgIpc) is 2.52. The highest BCUT2D eigenvalue weighted by Crippen LogP contribution is 2.15. The molecule has 106 valence electrons. The maximum atomic E-state index is 12.7. The van der Waals surface area contributed by atoms with E-state index in [1.54, 1.807) is 0 Å². The second-order valence-electron chi connectivity index (χ2n) is 5.36. The Labute approximate surface area is 124 Å². The number of hydrogen-bond donors (Lipinski definition) is 0. The number of benzene rings is 2. The van der Waals surface area contributed by atoms with Gasteiger partial charge in [-0.15, -0.1) is 0 Å². The van der Waals surface area contributed by atoms with Gasteiger partial charge < -0.3 is 4.90 Å². The van der Waals surface area contributed by atoms with E-state index in [1.807, 2.05) is 72.5 Å². The first-order chi connectivity index (χ1) is 10.2. The second-order valence-corrected chi connectivity index (χ2v) is 5.36. The predicted octanol–water partition coefficient (Wildman–Crippen LogP) is 2.91. The minimum absolute atomic E-state index is 0.0168. The number of aliphatic imine (C=N–C) groups is 1. The first-order valence-corrected chi connectivity index (χ1v) is 7.20. The summed E-state index contributed by atoms with van der Waals surface area (Å²) in [6, 6.07) is 19.9. The lowest BCUT2D eigenvalue weighted by Gasteiger charge is -2.30. The van der Waals surface area contributed by atoms with E-state index in [1.165, 1.54) is 0 Å². The summed E-state index contributed by atoms with van der Waals surface area (Å²) < 4.78 is 0. The Morgan fingerprint density at radius 2 is 1.67 bits per heavy atom. The predicted molar refractivity (Wildman–Crippen MR) is 84.3 cm³/mol. The molecule has 1 aliphatic heterocycles. The molecule has 1 aliphatic rings. The molecule has 0 spiro atoms. The van der Waals surface area contributed by atoms with Gasteiger partial charge in [-0.3, -0.25) is 9.79 Å². The summed E-state index contributed by atoms with van der Waals surface area (Å²) >= 11 is 0. The van der Waals surface area contributed by atoms with Crippen LogP contribution in [0.2, 0.25) is 0 Å². The van der Waals surface area contributed by atoms with Crippen molar-refractivity contribution in [1.82, 2.24) is 4.90 Å². The third-order valence-electron chi connectivity index (χ3n) is 3.59. The van der Waals surface area contributed by atoms with Crippen molar-refractivity contribution in [3.63, 3.8) is 0 Å². The Kier molecular flexibility index (Phi) is 3.82. The molecule has 1 amide bonds. The Bertz CT molecular complexity index is 649. The number of hydrogen-bond acceptors (Lipinski definition) is 2. The summed E-state index contributed by atoms with van der Waals surface area (Å²) in [5.74, 6) is 0.0168. The fourth-order valence-electron chi connectivity index (χ4n) is 2.60. The lowest BCUT2D eigenvalue weighted by molar-refractivity contribution is -0.125. The first-order valence-electron chi connectivity index (χ1n) is 7.20. The summed E-state index contributed by atoms with van der Waals surface area (Å²) in [7, 11) is 0. The van der Waals surface area contributed by atoms with Gasteiger partial charge in [0.25, 0.3) is 5.91 Å². The van der Waals surface area contributed by atoms with Crippen LogP contribution in [0.1, 0.15) is 18.1 Å². The molecule has 2 aromatic rings. The average molecular weight is 278 g/mol. The zero-order valence-corrected chi connectivity index (χ0v) is 12.1. The van der Waals surface area contributed by atoms with E-state index < -0.39 is 0 Å². The minimum atomic E-state index is 0.0168.